The van der Waals surface area contributed by atoms with Crippen LogP contribution < -0.4 is 5.73 Å². The molecule has 1 aliphatic heterocycles. The van der Waals surface area contributed by atoms with Crippen molar-refractivity contribution in [2.45, 2.75) is 13.0 Å². The molecule has 2 N–H and O–H groups in total. The molecule has 150 valence electrons. The topological polar surface area (TPSA) is 116 Å². The van der Waals surface area contributed by atoms with Crippen LogP contribution in [0, 0.1) is 0 Å². The Balaban J connectivity index is 1.70. The zero-order valence-electron chi connectivity index (χ0n) is 15.8. The van der Waals surface area contributed by atoms with Crippen molar-refractivity contribution in [3.8, 4) is 0 Å². The van der Waals surface area contributed by atoms with E-state index in [9.17, 15) is 19.2 Å². The van der Waals surface area contributed by atoms with Gasteiger partial charge in [0.25, 0.3) is 11.8 Å². The molecule has 8 nitrogen and oxygen atoms in total. The smallest absolute Gasteiger partial charge is 0.338 e. The van der Waals surface area contributed by atoms with Crippen LogP contribution in [0.5, 0.6) is 0 Å². The molecule has 0 bridgehead atoms. The average Bonchev–Trinajstić information content (AvgIpc) is 2.96. The van der Waals surface area contributed by atoms with E-state index in [1.807, 2.05) is 0 Å². The van der Waals surface area contributed by atoms with Gasteiger partial charge in [-0.25, -0.2) is 4.79 Å². The number of hydrogen-bond donors (Lipinski definition) is 1. The number of nitrogens with two attached hydrogens (primary N) is 1. The summed E-state index contributed by atoms with van der Waals surface area (Å²) in [5.41, 5.74) is 6.76. The van der Waals surface area contributed by atoms with Gasteiger partial charge < -0.3 is 15.2 Å². The van der Waals surface area contributed by atoms with Gasteiger partial charge in [0.2, 0.25) is 5.91 Å². The Morgan fingerprint density at radius 3 is 2.48 bits per heavy atom. The molecular formula is C21H20N2O6. The maximum atomic E-state index is 12.5. The number of fused-ring (bicyclic) bond motifs is 1. The fraction of sp³-hybridized carbons (Fsp3) is 0.238. The summed E-state index contributed by atoms with van der Waals surface area (Å²) in [6.45, 7) is 0.616. The van der Waals surface area contributed by atoms with Crippen LogP contribution in [0.3, 0.4) is 0 Å². The second-order valence-corrected chi connectivity index (χ2v) is 6.51. The van der Waals surface area contributed by atoms with Crippen LogP contribution in [-0.4, -0.2) is 48.9 Å². The first-order valence-corrected chi connectivity index (χ1v) is 8.97. The monoisotopic (exact) mass is 396 g/mol. The van der Waals surface area contributed by atoms with Gasteiger partial charge in [-0.1, -0.05) is 12.1 Å². The highest BCUT2D eigenvalue weighted by atomic mass is 16.5. The lowest BCUT2D eigenvalue weighted by molar-refractivity contribution is 0.0472. The molecule has 0 aliphatic carbocycles. The molecule has 0 saturated heterocycles. The van der Waals surface area contributed by atoms with E-state index < -0.39 is 17.8 Å². The fourth-order valence-corrected chi connectivity index (χ4v) is 3.03. The van der Waals surface area contributed by atoms with Crippen molar-refractivity contribution in [1.29, 1.82) is 0 Å². The Morgan fingerprint density at radius 1 is 1.00 bits per heavy atom. The molecule has 3 amide bonds. The molecule has 8 heteroatoms. The highest BCUT2D eigenvalue weighted by Crippen LogP contribution is 2.24. The number of primary amides is 1. The summed E-state index contributed by atoms with van der Waals surface area (Å²) in [6, 6.07) is 10.7. The van der Waals surface area contributed by atoms with Crippen LogP contribution in [0.1, 0.15) is 53.4 Å². The standard InChI is InChI=1S/C21H20N2O6/c1-28-9-3-8-23-19(25)16-7-6-15(11-17(16)20(23)26)21(27)29-12-13-4-2-5-14(10-13)18(22)24/h2,4-7,10-11H,3,8-9,12H2,1H3,(H2,22,24). The van der Waals surface area contributed by atoms with E-state index >= 15 is 0 Å². The summed E-state index contributed by atoms with van der Waals surface area (Å²) >= 11 is 0. The summed E-state index contributed by atoms with van der Waals surface area (Å²) in [4.78, 5) is 49.7. The predicted octanol–water partition coefficient (Wildman–Crippen LogP) is 1.78. The molecule has 2 aromatic carbocycles. The molecule has 0 spiro atoms. The van der Waals surface area contributed by atoms with Crippen molar-refractivity contribution in [3.05, 3.63) is 70.3 Å². The van der Waals surface area contributed by atoms with E-state index in [2.05, 4.69) is 0 Å². The number of amides is 3. The fourth-order valence-electron chi connectivity index (χ4n) is 3.03. The van der Waals surface area contributed by atoms with Gasteiger partial charge in [-0.05, 0) is 42.3 Å². The van der Waals surface area contributed by atoms with Crippen LogP contribution in [0.15, 0.2) is 42.5 Å². The number of rotatable bonds is 8. The van der Waals surface area contributed by atoms with Crippen LogP contribution in [0.2, 0.25) is 0 Å². The van der Waals surface area contributed by atoms with Gasteiger partial charge in [0.15, 0.2) is 0 Å². The first-order chi connectivity index (χ1) is 13.9. The van der Waals surface area contributed by atoms with E-state index in [4.69, 9.17) is 15.2 Å². The third-order valence-corrected chi connectivity index (χ3v) is 4.52. The van der Waals surface area contributed by atoms with E-state index in [-0.39, 0.29) is 35.7 Å². The number of carbonyl (C=O) groups is 4. The van der Waals surface area contributed by atoms with E-state index in [1.165, 1.54) is 18.2 Å². The highest BCUT2D eigenvalue weighted by Gasteiger charge is 2.35. The third kappa shape index (κ3) is 4.33. The Morgan fingerprint density at radius 2 is 1.76 bits per heavy atom. The largest absolute Gasteiger partial charge is 0.457 e. The minimum atomic E-state index is -0.643. The molecule has 1 heterocycles. The summed E-state index contributed by atoms with van der Waals surface area (Å²) in [6.07, 6.45) is 0.529. The number of carbonyl (C=O) groups excluding carboxylic acids is 4. The van der Waals surface area contributed by atoms with Crippen molar-refractivity contribution >= 4 is 23.7 Å². The Kier molecular flexibility index (Phi) is 6.04. The maximum Gasteiger partial charge on any atom is 0.338 e. The number of benzene rings is 2. The molecule has 0 unspecified atom stereocenters. The van der Waals surface area contributed by atoms with Gasteiger partial charge >= 0.3 is 5.97 Å². The van der Waals surface area contributed by atoms with Crippen LogP contribution >= 0.6 is 0 Å². The normalized spacial score (nSPS) is 12.8. The molecule has 2 aromatic rings. The van der Waals surface area contributed by atoms with Crippen molar-refractivity contribution < 1.29 is 28.7 Å². The zero-order chi connectivity index (χ0) is 21.0. The van der Waals surface area contributed by atoms with Crippen molar-refractivity contribution in [2.75, 3.05) is 20.3 Å². The van der Waals surface area contributed by atoms with Crippen molar-refractivity contribution in [1.82, 2.24) is 4.90 Å². The van der Waals surface area contributed by atoms with Gasteiger partial charge in [-0.2, -0.15) is 0 Å². The Labute approximate surface area is 167 Å². The first-order valence-electron chi connectivity index (χ1n) is 8.97. The number of ether oxygens (including phenoxy) is 2. The van der Waals surface area contributed by atoms with E-state index in [1.54, 1.807) is 31.4 Å². The molecule has 29 heavy (non-hydrogen) atoms. The number of methoxy groups -OCH3 is 1. The molecule has 0 aromatic heterocycles. The molecule has 0 saturated carbocycles. The third-order valence-electron chi connectivity index (χ3n) is 4.52. The lowest BCUT2D eigenvalue weighted by Gasteiger charge is -2.12. The van der Waals surface area contributed by atoms with E-state index in [0.29, 0.717) is 24.2 Å². The minimum Gasteiger partial charge on any atom is -0.457 e. The van der Waals surface area contributed by atoms with Crippen LogP contribution in [0.25, 0.3) is 0 Å². The molecule has 0 fully saturated rings. The van der Waals surface area contributed by atoms with Crippen LogP contribution in [0.4, 0.5) is 0 Å². The van der Waals surface area contributed by atoms with Gasteiger partial charge in [-0.15, -0.1) is 0 Å². The lowest BCUT2D eigenvalue weighted by Crippen LogP contribution is -2.31. The Bertz CT molecular complexity index is 985. The Hall–Kier alpha value is -3.52. The molecule has 1 aliphatic rings. The van der Waals surface area contributed by atoms with E-state index in [0.717, 1.165) is 4.90 Å². The number of imide groups is 1. The number of esters is 1. The lowest BCUT2D eigenvalue weighted by atomic mass is 10.1. The second-order valence-electron chi connectivity index (χ2n) is 6.51. The van der Waals surface area contributed by atoms with Gasteiger partial charge in [0.05, 0.1) is 16.7 Å². The molecule has 0 radical (unpaired) electrons. The van der Waals surface area contributed by atoms with Gasteiger partial charge in [-0.3, -0.25) is 19.3 Å². The molecule has 3 rings (SSSR count). The van der Waals surface area contributed by atoms with Crippen molar-refractivity contribution in [2.24, 2.45) is 5.73 Å². The zero-order valence-corrected chi connectivity index (χ0v) is 15.8. The average molecular weight is 396 g/mol. The SMILES string of the molecule is COCCCN1C(=O)c2ccc(C(=O)OCc3cccc(C(N)=O)c3)cc2C1=O. The number of nitrogens with zero attached hydrogens (tertiary/aromatic N) is 1. The summed E-state index contributed by atoms with van der Waals surface area (Å²) < 4.78 is 10.2. The van der Waals surface area contributed by atoms with Gasteiger partial charge in [0.1, 0.15) is 6.61 Å². The number of hydrogen-bond acceptors (Lipinski definition) is 6. The second kappa shape index (κ2) is 8.66. The molecular weight excluding hydrogens is 376 g/mol. The van der Waals surface area contributed by atoms with Crippen LogP contribution in [-0.2, 0) is 16.1 Å². The summed E-state index contributed by atoms with van der Waals surface area (Å²) in [5.74, 6) is -2.04. The first kappa shape index (κ1) is 20.2. The highest BCUT2D eigenvalue weighted by molar-refractivity contribution is 6.21. The maximum absolute atomic E-state index is 12.5. The quantitative estimate of drug-likeness (QED) is 0.413. The van der Waals surface area contributed by atoms with Crippen molar-refractivity contribution in [3.63, 3.8) is 0 Å². The minimum absolute atomic E-state index is 0.0624. The predicted molar refractivity (Wildman–Crippen MR) is 102 cm³/mol. The summed E-state index contributed by atoms with van der Waals surface area (Å²) in [7, 11) is 1.55. The van der Waals surface area contributed by atoms with Gasteiger partial charge in [0, 0.05) is 25.8 Å². The molecule has 0 atom stereocenters. The summed E-state index contributed by atoms with van der Waals surface area (Å²) in [5, 5.41) is 0.